The normalized spacial score (nSPS) is 18.9. The van der Waals surface area contributed by atoms with Crippen LogP contribution >= 0.6 is 22.6 Å². The Morgan fingerprint density at radius 3 is 2.59 bits per heavy atom. The summed E-state index contributed by atoms with van der Waals surface area (Å²) in [7, 11) is 0. The van der Waals surface area contributed by atoms with Gasteiger partial charge in [0, 0.05) is 28.6 Å². The molecule has 1 aliphatic heterocycles. The minimum absolute atomic E-state index is 0.396. The van der Waals surface area contributed by atoms with E-state index in [-0.39, 0.29) is 0 Å². The van der Waals surface area contributed by atoms with E-state index in [9.17, 15) is 0 Å². The Morgan fingerprint density at radius 2 is 1.94 bits per heavy atom. The maximum atomic E-state index is 4.26. The molecular weight excluding hydrogens is 327 g/mol. The van der Waals surface area contributed by atoms with Crippen molar-refractivity contribution in [2.24, 2.45) is 0 Å². The van der Waals surface area contributed by atoms with E-state index in [2.05, 4.69) is 49.7 Å². The second-order valence-electron chi connectivity index (χ2n) is 4.63. The fourth-order valence-electron chi connectivity index (χ4n) is 2.18. The first kappa shape index (κ1) is 13.0. The van der Waals surface area contributed by atoms with Gasteiger partial charge in [-0.3, -0.25) is 0 Å². The molecule has 1 N–H and O–H groups in total. The van der Waals surface area contributed by atoms with Gasteiger partial charge in [0.05, 0.1) is 0 Å². The van der Waals surface area contributed by atoms with Crippen molar-refractivity contribution in [3.8, 4) is 0 Å². The number of hydrogen-bond donors (Lipinski definition) is 1. The number of nitrogens with one attached hydrogen (secondary N) is 1. The highest BCUT2D eigenvalue weighted by atomic mass is 127. The van der Waals surface area contributed by atoms with Gasteiger partial charge in [0.1, 0.15) is 0 Å². The Morgan fingerprint density at radius 1 is 1.29 bits per heavy atom. The van der Waals surface area contributed by atoms with Crippen LogP contribution < -0.4 is 5.32 Å². The fourth-order valence-corrected chi connectivity index (χ4v) is 2.46. The summed E-state index contributed by atoms with van der Waals surface area (Å²) in [6.07, 6.45) is 7.74. The van der Waals surface area contributed by atoms with Crippen LogP contribution in [0.15, 0.2) is 12.4 Å². The van der Waals surface area contributed by atoms with Crippen LogP contribution in [-0.2, 0) is 0 Å². The molecule has 94 valence electrons. The molecular formula is C12H19IN4. The molecule has 0 radical (unpaired) electrons. The summed E-state index contributed by atoms with van der Waals surface area (Å²) in [6.45, 7) is 5.74. The Labute approximate surface area is 116 Å². The molecule has 17 heavy (non-hydrogen) atoms. The average Bonchev–Trinajstić information content (AvgIpc) is 2.33. The van der Waals surface area contributed by atoms with Crippen LogP contribution in [0, 0.1) is 3.57 Å². The van der Waals surface area contributed by atoms with E-state index in [0.29, 0.717) is 6.04 Å². The van der Waals surface area contributed by atoms with Crippen molar-refractivity contribution >= 4 is 28.5 Å². The molecule has 1 aromatic heterocycles. The maximum absolute atomic E-state index is 4.26. The lowest BCUT2D eigenvalue weighted by atomic mass is 10.1. The molecule has 1 aliphatic rings. The second kappa shape index (κ2) is 6.49. The molecule has 2 heterocycles. The Bertz CT molecular complexity index is 335. The van der Waals surface area contributed by atoms with Crippen LogP contribution in [0.1, 0.15) is 26.2 Å². The van der Waals surface area contributed by atoms with E-state index in [1.165, 1.54) is 32.4 Å². The van der Waals surface area contributed by atoms with Crippen molar-refractivity contribution in [2.75, 3.05) is 25.0 Å². The molecule has 1 fully saturated rings. The lowest BCUT2D eigenvalue weighted by Gasteiger charge is -2.29. The molecule has 1 unspecified atom stereocenters. The zero-order chi connectivity index (χ0) is 12.1. The van der Waals surface area contributed by atoms with Gasteiger partial charge in [-0.15, -0.1) is 0 Å². The van der Waals surface area contributed by atoms with Crippen LogP contribution in [-0.4, -0.2) is 40.5 Å². The number of halogens is 1. The van der Waals surface area contributed by atoms with Crippen molar-refractivity contribution in [2.45, 2.75) is 32.2 Å². The van der Waals surface area contributed by atoms with Gasteiger partial charge in [0.2, 0.25) is 5.95 Å². The summed E-state index contributed by atoms with van der Waals surface area (Å²) in [5.41, 5.74) is 0. The summed E-state index contributed by atoms with van der Waals surface area (Å²) < 4.78 is 1.07. The minimum Gasteiger partial charge on any atom is -0.350 e. The summed E-state index contributed by atoms with van der Waals surface area (Å²) >= 11 is 2.21. The average molecular weight is 346 g/mol. The fraction of sp³-hybridized carbons (Fsp3) is 0.667. The molecule has 2 rings (SSSR count). The largest absolute Gasteiger partial charge is 0.350 e. The summed E-state index contributed by atoms with van der Waals surface area (Å²) in [5.74, 6) is 0.731. The van der Waals surface area contributed by atoms with E-state index in [1.54, 1.807) is 0 Å². The number of aromatic nitrogens is 2. The molecule has 0 aromatic carbocycles. The molecule has 5 heteroatoms. The number of hydrogen-bond acceptors (Lipinski definition) is 4. The van der Waals surface area contributed by atoms with Gasteiger partial charge < -0.3 is 10.2 Å². The molecule has 0 bridgehead atoms. The van der Waals surface area contributed by atoms with Crippen molar-refractivity contribution < 1.29 is 0 Å². The van der Waals surface area contributed by atoms with E-state index in [1.807, 2.05) is 12.4 Å². The molecule has 1 atom stereocenters. The lowest BCUT2D eigenvalue weighted by molar-refractivity contribution is 0.223. The van der Waals surface area contributed by atoms with E-state index >= 15 is 0 Å². The zero-order valence-corrected chi connectivity index (χ0v) is 12.4. The van der Waals surface area contributed by atoms with Gasteiger partial charge in [-0.05, 0) is 55.4 Å². The third-order valence-corrected chi connectivity index (χ3v) is 3.53. The third kappa shape index (κ3) is 4.39. The molecule has 4 nitrogen and oxygen atoms in total. The minimum atomic E-state index is 0.396. The van der Waals surface area contributed by atoms with Gasteiger partial charge >= 0.3 is 0 Å². The molecule has 0 aliphatic carbocycles. The molecule has 0 spiro atoms. The Balaban J connectivity index is 1.79. The Hall–Kier alpha value is -0.430. The standard InChI is InChI=1S/C12H19IN4/c1-10(9-17-5-3-2-4-6-17)16-12-14-7-11(13)8-15-12/h7-8,10H,2-6,9H2,1H3,(H,14,15,16). The van der Waals surface area contributed by atoms with E-state index in [4.69, 9.17) is 0 Å². The predicted molar refractivity (Wildman–Crippen MR) is 78.1 cm³/mol. The number of piperidine rings is 1. The highest BCUT2D eigenvalue weighted by molar-refractivity contribution is 14.1. The van der Waals surface area contributed by atoms with Crippen LogP contribution in [0.25, 0.3) is 0 Å². The van der Waals surface area contributed by atoms with Crippen molar-refractivity contribution in [3.05, 3.63) is 16.0 Å². The molecule has 1 aromatic rings. The van der Waals surface area contributed by atoms with E-state index in [0.717, 1.165) is 16.1 Å². The smallest absolute Gasteiger partial charge is 0.222 e. The van der Waals surface area contributed by atoms with Gasteiger partial charge in [-0.1, -0.05) is 6.42 Å². The predicted octanol–water partition coefficient (Wildman–Crippen LogP) is 2.37. The van der Waals surface area contributed by atoms with Crippen LogP contribution in [0.3, 0.4) is 0 Å². The maximum Gasteiger partial charge on any atom is 0.222 e. The zero-order valence-electron chi connectivity index (χ0n) is 10.2. The molecule has 0 saturated carbocycles. The first-order valence-electron chi connectivity index (χ1n) is 6.20. The quantitative estimate of drug-likeness (QED) is 0.850. The summed E-state index contributed by atoms with van der Waals surface area (Å²) in [4.78, 5) is 11.0. The van der Waals surface area contributed by atoms with Gasteiger partial charge in [0.15, 0.2) is 0 Å². The van der Waals surface area contributed by atoms with Crippen LogP contribution in [0.2, 0.25) is 0 Å². The number of nitrogens with zero attached hydrogens (tertiary/aromatic N) is 3. The Kier molecular flexibility index (Phi) is 4.97. The molecule has 0 amide bonds. The van der Waals surface area contributed by atoms with Crippen molar-refractivity contribution in [1.29, 1.82) is 0 Å². The lowest BCUT2D eigenvalue weighted by Crippen LogP contribution is -2.38. The monoisotopic (exact) mass is 346 g/mol. The van der Waals surface area contributed by atoms with Gasteiger partial charge in [0.25, 0.3) is 0 Å². The highest BCUT2D eigenvalue weighted by Crippen LogP contribution is 2.10. The summed E-state index contributed by atoms with van der Waals surface area (Å²) in [6, 6.07) is 0.396. The first-order valence-corrected chi connectivity index (χ1v) is 7.28. The van der Waals surface area contributed by atoms with Crippen molar-refractivity contribution in [1.82, 2.24) is 14.9 Å². The molecule has 1 saturated heterocycles. The summed E-state index contributed by atoms with van der Waals surface area (Å²) in [5, 5.41) is 3.35. The number of rotatable bonds is 4. The highest BCUT2D eigenvalue weighted by Gasteiger charge is 2.13. The van der Waals surface area contributed by atoms with Crippen LogP contribution in [0.5, 0.6) is 0 Å². The van der Waals surface area contributed by atoms with E-state index < -0.39 is 0 Å². The SMILES string of the molecule is CC(CN1CCCCC1)Nc1ncc(I)cn1. The second-order valence-corrected chi connectivity index (χ2v) is 5.88. The first-order chi connectivity index (χ1) is 8.24. The number of anilines is 1. The van der Waals surface area contributed by atoms with Gasteiger partial charge in [-0.2, -0.15) is 0 Å². The van der Waals surface area contributed by atoms with Crippen LogP contribution in [0.4, 0.5) is 5.95 Å². The topological polar surface area (TPSA) is 41.0 Å². The van der Waals surface area contributed by atoms with Gasteiger partial charge in [-0.25, -0.2) is 9.97 Å². The van der Waals surface area contributed by atoms with Crippen molar-refractivity contribution in [3.63, 3.8) is 0 Å². The number of likely N-dealkylation sites (tertiary alicyclic amines) is 1. The third-order valence-electron chi connectivity index (χ3n) is 2.98.